The van der Waals surface area contributed by atoms with E-state index in [0.717, 1.165) is 65.2 Å². The molecule has 3 N–H and O–H groups in total. The zero-order valence-corrected chi connectivity index (χ0v) is 19.1. The summed E-state index contributed by atoms with van der Waals surface area (Å²) in [6.45, 7) is 8.02. The zero-order valence-electron chi connectivity index (χ0n) is 18.4. The predicted octanol–water partition coefficient (Wildman–Crippen LogP) is 4.06. The first-order valence-corrected chi connectivity index (χ1v) is 11.2. The Morgan fingerprint density at radius 1 is 1.15 bits per heavy atom. The number of nitrogens with two attached hydrogens (primary N) is 1. The summed E-state index contributed by atoms with van der Waals surface area (Å²) >= 11 is 6.70. The van der Waals surface area contributed by atoms with E-state index in [-0.39, 0.29) is 0 Å². The third-order valence-corrected chi connectivity index (χ3v) is 6.48. The third-order valence-electron chi connectivity index (χ3n) is 6.17. The number of aromatic nitrogens is 2. The molecule has 2 aliphatic rings. The van der Waals surface area contributed by atoms with Crippen molar-refractivity contribution in [1.82, 2.24) is 14.9 Å². The van der Waals surface area contributed by atoms with Gasteiger partial charge in [0, 0.05) is 56.1 Å². The van der Waals surface area contributed by atoms with Crippen molar-refractivity contribution in [3.63, 3.8) is 0 Å². The molecule has 0 saturated carbocycles. The van der Waals surface area contributed by atoms with E-state index in [1.54, 1.807) is 6.20 Å². The number of rotatable bonds is 4. The van der Waals surface area contributed by atoms with Gasteiger partial charge in [0.2, 0.25) is 0 Å². The number of hydrogen-bond acceptors (Lipinski definition) is 6. The molecule has 0 bridgehead atoms. The number of benzene rings is 1. The van der Waals surface area contributed by atoms with Gasteiger partial charge in [0.25, 0.3) is 0 Å². The molecule has 0 amide bonds. The monoisotopic (exact) mass is 460 g/mol. The number of hydrogen-bond donors (Lipinski definition) is 2. The standard InChI is InChI=1S/C25H25ClN6O/c1-16-3-4-18(15-21(16)30-33-27)22-23-20(26)9-10-29-25(23)31(2)24(22)17-5-7-19(8-6-17)32-13-11-28-12-14-32/h3-10,15,28H,1,11-14,27H2,2H3/b30-21-. The second kappa shape index (κ2) is 8.86. The smallest absolute Gasteiger partial charge is 0.142 e. The SMILES string of the molecule is C=C1C=CC(c2c(-c3ccc(N4CCNCC4)cc3)n(C)c3nccc(Cl)c23)=C/C1=N/ON. The Labute approximate surface area is 197 Å². The van der Waals surface area contributed by atoms with E-state index in [9.17, 15) is 0 Å². The molecule has 0 atom stereocenters. The maximum absolute atomic E-state index is 6.70. The van der Waals surface area contributed by atoms with Gasteiger partial charge in [-0.2, -0.15) is 0 Å². The normalized spacial score (nSPS) is 17.7. The molecule has 1 aliphatic carbocycles. The molecule has 0 radical (unpaired) electrons. The van der Waals surface area contributed by atoms with Crippen LogP contribution in [-0.2, 0) is 12.0 Å². The molecule has 0 spiro atoms. The third kappa shape index (κ3) is 3.84. The lowest BCUT2D eigenvalue weighted by Gasteiger charge is -2.29. The number of nitrogens with zero attached hydrogens (tertiary/aromatic N) is 4. The summed E-state index contributed by atoms with van der Waals surface area (Å²) in [6, 6.07) is 10.5. The van der Waals surface area contributed by atoms with Gasteiger partial charge in [-0.3, -0.25) is 0 Å². The van der Waals surface area contributed by atoms with E-state index < -0.39 is 0 Å². The lowest BCUT2D eigenvalue weighted by atomic mass is 9.92. The Kier molecular flexibility index (Phi) is 5.76. The molecule has 1 fully saturated rings. The largest absolute Gasteiger partial charge is 0.369 e. The molecule has 3 heterocycles. The van der Waals surface area contributed by atoms with Crippen LogP contribution in [0, 0.1) is 0 Å². The summed E-state index contributed by atoms with van der Waals surface area (Å²) in [5, 5.41) is 8.84. The van der Waals surface area contributed by atoms with Gasteiger partial charge < -0.3 is 19.7 Å². The zero-order chi connectivity index (χ0) is 22.9. The Hall–Kier alpha value is -3.39. The van der Waals surface area contributed by atoms with Gasteiger partial charge >= 0.3 is 0 Å². The molecule has 8 heteroatoms. The van der Waals surface area contributed by atoms with E-state index in [1.807, 2.05) is 31.3 Å². The van der Waals surface area contributed by atoms with Crippen LogP contribution in [0.1, 0.15) is 5.56 Å². The summed E-state index contributed by atoms with van der Waals surface area (Å²) in [6.07, 6.45) is 7.54. The van der Waals surface area contributed by atoms with Crippen molar-refractivity contribution in [2.24, 2.45) is 18.1 Å². The molecule has 7 nitrogen and oxygen atoms in total. The predicted molar refractivity (Wildman–Crippen MR) is 135 cm³/mol. The van der Waals surface area contributed by atoms with Gasteiger partial charge in [-0.25, -0.2) is 4.98 Å². The van der Waals surface area contributed by atoms with Crippen LogP contribution in [0.25, 0.3) is 27.9 Å². The first-order valence-electron chi connectivity index (χ1n) is 10.8. The van der Waals surface area contributed by atoms with Crippen LogP contribution in [0.5, 0.6) is 0 Å². The molecule has 168 valence electrons. The highest BCUT2D eigenvalue weighted by molar-refractivity contribution is 6.36. The van der Waals surface area contributed by atoms with Gasteiger partial charge in [-0.15, -0.1) is 5.90 Å². The molecule has 1 aromatic carbocycles. The fraction of sp³-hybridized carbons (Fsp3) is 0.200. The highest BCUT2D eigenvalue weighted by atomic mass is 35.5. The second-order valence-electron chi connectivity index (χ2n) is 8.10. The van der Waals surface area contributed by atoms with Crippen molar-refractivity contribution in [3.8, 4) is 11.3 Å². The van der Waals surface area contributed by atoms with Crippen LogP contribution < -0.4 is 16.1 Å². The van der Waals surface area contributed by atoms with Gasteiger partial charge in [0.15, 0.2) is 0 Å². The van der Waals surface area contributed by atoms with Crippen LogP contribution in [0.15, 0.2) is 72.1 Å². The van der Waals surface area contributed by atoms with Gasteiger partial charge in [-0.05, 0) is 41.0 Å². The molecule has 0 unspecified atom stereocenters. The molecule has 1 saturated heterocycles. The maximum atomic E-state index is 6.70. The number of pyridine rings is 1. The van der Waals surface area contributed by atoms with Gasteiger partial charge in [-0.1, -0.05) is 47.6 Å². The van der Waals surface area contributed by atoms with Crippen molar-refractivity contribution in [3.05, 3.63) is 77.5 Å². The number of fused-ring (bicyclic) bond motifs is 1. The lowest BCUT2D eigenvalue weighted by molar-refractivity contribution is 0.149. The van der Waals surface area contributed by atoms with Crippen molar-refractivity contribution in [2.45, 2.75) is 0 Å². The average molecular weight is 461 g/mol. The molecular weight excluding hydrogens is 436 g/mol. The fourth-order valence-electron chi connectivity index (χ4n) is 4.54. The van der Waals surface area contributed by atoms with E-state index >= 15 is 0 Å². The summed E-state index contributed by atoms with van der Waals surface area (Å²) in [5.41, 5.74) is 7.32. The van der Waals surface area contributed by atoms with Crippen LogP contribution >= 0.6 is 11.6 Å². The van der Waals surface area contributed by atoms with Crippen LogP contribution in [0.4, 0.5) is 5.69 Å². The first kappa shape index (κ1) is 21.5. The average Bonchev–Trinajstić information content (AvgIpc) is 3.15. The lowest BCUT2D eigenvalue weighted by Crippen LogP contribution is -2.43. The molecule has 1 aliphatic heterocycles. The summed E-state index contributed by atoms with van der Waals surface area (Å²) in [5.74, 6) is 5.20. The van der Waals surface area contributed by atoms with Gasteiger partial charge in [0.05, 0.1) is 10.7 Å². The highest BCUT2D eigenvalue weighted by Crippen LogP contribution is 2.41. The fourth-order valence-corrected chi connectivity index (χ4v) is 4.77. The molecule has 3 aromatic rings. The minimum Gasteiger partial charge on any atom is -0.369 e. The molecule has 5 rings (SSSR count). The van der Waals surface area contributed by atoms with Crippen molar-refractivity contribution in [2.75, 3.05) is 31.1 Å². The first-order chi connectivity index (χ1) is 16.1. The van der Waals surface area contributed by atoms with Crippen LogP contribution in [0.2, 0.25) is 5.02 Å². The van der Waals surface area contributed by atoms with Gasteiger partial charge in [0.1, 0.15) is 11.4 Å². The summed E-state index contributed by atoms with van der Waals surface area (Å²) in [4.78, 5) is 11.6. The second-order valence-corrected chi connectivity index (χ2v) is 8.51. The Morgan fingerprint density at radius 3 is 2.64 bits per heavy atom. The minimum absolute atomic E-state index is 0.562. The number of allylic oxidation sites excluding steroid dienone is 5. The van der Waals surface area contributed by atoms with E-state index in [1.165, 1.54) is 5.69 Å². The maximum Gasteiger partial charge on any atom is 0.142 e. The van der Waals surface area contributed by atoms with Crippen molar-refractivity contribution in [1.29, 1.82) is 0 Å². The minimum atomic E-state index is 0.562. The number of nitrogens with one attached hydrogen (secondary N) is 1. The van der Waals surface area contributed by atoms with Crippen molar-refractivity contribution < 1.29 is 4.94 Å². The number of oxime groups is 1. The molecular formula is C25H25ClN6O. The Bertz CT molecular complexity index is 1310. The number of halogens is 1. The van der Waals surface area contributed by atoms with Crippen molar-refractivity contribution >= 4 is 39.6 Å². The number of piperazine rings is 1. The van der Waals surface area contributed by atoms with E-state index in [2.05, 4.69) is 60.7 Å². The summed E-state index contributed by atoms with van der Waals surface area (Å²) < 4.78 is 2.09. The number of aryl methyl sites for hydroxylation is 1. The Balaban J connectivity index is 1.68. The van der Waals surface area contributed by atoms with Crippen LogP contribution in [-0.4, -0.2) is 41.4 Å². The highest BCUT2D eigenvalue weighted by Gasteiger charge is 2.24. The molecule has 2 aromatic heterocycles. The number of anilines is 1. The van der Waals surface area contributed by atoms with E-state index in [4.69, 9.17) is 17.5 Å². The quantitative estimate of drug-likeness (QED) is 0.574. The summed E-state index contributed by atoms with van der Waals surface area (Å²) in [7, 11) is 2.01. The Morgan fingerprint density at radius 2 is 1.91 bits per heavy atom. The van der Waals surface area contributed by atoms with E-state index in [0.29, 0.717) is 10.7 Å². The molecule has 33 heavy (non-hydrogen) atoms. The topological polar surface area (TPSA) is 80.7 Å². The van der Waals surface area contributed by atoms with Crippen LogP contribution in [0.3, 0.4) is 0 Å².